The molecular weight excluding hydrogens is 446 g/mol. The highest BCUT2D eigenvalue weighted by atomic mass is 16.5. The summed E-state index contributed by atoms with van der Waals surface area (Å²) in [5.41, 5.74) is -0.181. The molecule has 0 aromatic carbocycles. The maximum Gasteiger partial charge on any atom is 0.259 e. The minimum absolute atomic E-state index is 0.0878. The Kier molecular flexibility index (Phi) is 7.67. The Morgan fingerprint density at radius 3 is 2.74 bits per heavy atom. The van der Waals surface area contributed by atoms with Crippen molar-refractivity contribution < 1.29 is 24.5 Å². The van der Waals surface area contributed by atoms with E-state index in [0.29, 0.717) is 43.8 Å². The minimum atomic E-state index is -0.986. The van der Waals surface area contributed by atoms with Crippen molar-refractivity contribution in [3.63, 3.8) is 0 Å². The number of amides is 2. The van der Waals surface area contributed by atoms with Crippen LogP contribution in [0, 0.1) is 23.7 Å². The molecule has 1 aromatic rings. The summed E-state index contributed by atoms with van der Waals surface area (Å²) in [5.74, 6) is 6.40. The van der Waals surface area contributed by atoms with Crippen LogP contribution in [0.1, 0.15) is 74.7 Å². The molecule has 2 N–H and O–H groups in total. The van der Waals surface area contributed by atoms with Gasteiger partial charge in [0.25, 0.3) is 5.91 Å². The number of fused-ring (bicyclic) bond motifs is 1. The maximum atomic E-state index is 13.5. The van der Waals surface area contributed by atoms with Crippen molar-refractivity contribution in [1.82, 2.24) is 14.8 Å². The summed E-state index contributed by atoms with van der Waals surface area (Å²) in [4.78, 5) is 33.9. The van der Waals surface area contributed by atoms with E-state index in [1.807, 2.05) is 6.92 Å². The lowest BCUT2D eigenvalue weighted by atomic mass is 9.99. The highest BCUT2D eigenvalue weighted by molar-refractivity contribution is 5.97. The molecule has 3 aliphatic rings. The zero-order valence-corrected chi connectivity index (χ0v) is 21.0. The van der Waals surface area contributed by atoms with Crippen LogP contribution < -0.4 is 4.74 Å². The summed E-state index contributed by atoms with van der Waals surface area (Å²) >= 11 is 0. The normalized spacial score (nSPS) is 24.4. The van der Waals surface area contributed by atoms with Crippen LogP contribution in [0.25, 0.3) is 0 Å². The number of aliphatic hydroxyl groups is 2. The molecule has 8 nitrogen and oxygen atoms in total. The largest absolute Gasteiger partial charge is 0.472 e. The molecule has 0 unspecified atom stereocenters. The molecule has 0 spiro atoms. The smallest absolute Gasteiger partial charge is 0.259 e. The number of hydrogen-bond acceptors (Lipinski definition) is 6. The fourth-order valence-corrected chi connectivity index (χ4v) is 4.76. The Labute approximate surface area is 207 Å². The van der Waals surface area contributed by atoms with Crippen LogP contribution in [-0.4, -0.2) is 81.3 Å². The van der Waals surface area contributed by atoms with Crippen molar-refractivity contribution in [3.05, 3.63) is 23.4 Å². The molecule has 4 rings (SSSR count). The van der Waals surface area contributed by atoms with E-state index in [0.717, 1.165) is 25.7 Å². The molecule has 8 heteroatoms. The molecule has 2 amide bonds. The number of rotatable bonds is 6. The third-order valence-corrected chi connectivity index (χ3v) is 7.43. The van der Waals surface area contributed by atoms with E-state index in [1.54, 1.807) is 36.0 Å². The van der Waals surface area contributed by atoms with E-state index < -0.39 is 5.60 Å². The van der Waals surface area contributed by atoms with E-state index in [-0.39, 0.29) is 47.9 Å². The van der Waals surface area contributed by atoms with Crippen LogP contribution in [0.15, 0.2) is 12.3 Å². The third kappa shape index (κ3) is 6.14. The van der Waals surface area contributed by atoms with Gasteiger partial charge < -0.3 is 24.7 Å². The number of pyridine rings is 1. The summed E-state index contributed by atoms with van der Waals surface area (Å²) in [6.07, 6.45) is 7.18. The maximum absolute atomic E-state index is 13.5. The first-order chi connectivity index (χ1) is 16.7. The number of ether oxygens (including phenoxy) is 1. The second-order valence-corrected chi connectivity index (χ2v) is 10.6. The van der Waals surface area contributed by atoms with Crippen LogP contribution in [0.5, 0.6) is 5.88 Å². The van der Waals surface area contributed by atoms with Crippen molar-refractivity contribution >= 4 is 11.8 Å². The molecule has 35 heavy (non-hydrogen) atoms. The number of carbonyl (C=O) groups is 2. The van der Waals surface area contributed by atoms with Crippen molar-refractivity contribution in [2.24, 2.45) is 11.8 Å². The third-order valence-electron chi connectivity index (χ3n) is 7.43. The second kappa shape index (κ2) is 10.5. The van der Waals surface area contributed by atoms with Crippen LogP contribution >= 0.6 is 0 Å². The van der Waals surface area contributed by atoms with Gasteiger partial charge in [-0.05, 0) is 57.4 Å². The van der Waals surface area contributed by atoms with Gasteiger partial charge in [-0.25, -0.2) is 4.98 Å². The quantitative estimate of drug-likeness (QED) is 0.602. The molecule has 0 bridgehead atoms. The number of aliphatic hydroxyl groups excluding tert-OH is 1. The molecule has 2 saturated carbocycles. The Balaban J connectivity index is 1.61. The Bertz CT molecular complexity index is 1010. The van der Waals surface area contributed by atoms with Crippen LogP contribution in [-0.2, 0) is 4.79 Å². The summed E-state index contributed by atoms with van der Waals surface area (Å²) in [6.45, 7) is 4.39. The Hall–Kier alpha value is -2.63. The predicted molar refractivity (Wildman–Crippen MR) is 131 cm³/mol. The van der Waals surface area contributed by atoms with Crippen molar-refractivity contribution in [1.29, 1.82) is 0 Å². The highest BCUT2D eigenvalue weighted by Gasteiger charge is 2.35. The van der Waals surface area contributed by atoms with Gasteiger partial charge in [0.05, 0.1) is 19.2 Å². The molecule has 190 valence electrons. The summed E-state index contributed by atoms with van der Waals surface area (Å²) in [6, 6.07) is 1.27. The topological polar surface area (TPSA) is 103 Å². The van der Waals surface area contributed by atoms with Crippen LogP contribution in [0.2, 0.25) is 0 Å². The number of nitrogens with zero attached hydrogens (tertiary/aromatic N) is 3. The van der Waals surface area contributed by atoms with E-state index in [1.165, 1.54) is 0 Å². The summed E-state index contributed by atoms with van der Waals surface area (Å²) < 4.78 is 6.26. The van der Waals surface area contributed by atoms with Crippen molar-refractivity contribution in [2.45, 2.75) is 76.5 Å². The standard InChI is InChI=1S/C27H37N3O5/c1-18-15-30(19(2)17-31)26(33)22-12-21(8-11-27(34)9-4-5-10-27)14-28-25(22)35-23(18)16-29(3)24(32)13-20-6-7-20/h12,14,18-20,23,31,34H,4-7,9-10,13,15-17H2,1-3H3/t18-,19-,23+/m0/s1. The average molecular weight is 484 g/mol. The number of aromatic nitrogens is 1. The number of hydrogen-bond donors (Lipinski definition) is 2. The minimum Gasteiger partial charge on any atom is -0.472 e. The van der Waals surface area contributed by atoms with Gasteiger partial charge in [0.2, 0.25) is 11.8 Å². The van der Waals surface area contributed by atoms with Gasteiger partial charge in [0.15, 0.2) is 0 Å². The van der Waals surface area contributed by atoms with Crippen molar-refractivity contribution in [2.75, 3.05) is 26.7 Å². The molecular formula is C27H37N3O5. The zero-order valence-electron chi connectivity index (χ0n) is 21.0. The Morgan fingerprint density at radius 2 is 2.09 bits per heavy atom. The SMILES string of the molecule is C[C@H]1CN([C@@H](C)CO)C(=O)c2cc(C#CC3(O)CCCC3)cnc2O[C@@H]1CN(C)C(=O)CC1CC1. The highest BCUT2D eigenvalue weighted by Crippen LogP contribution is 2.33. The molecule has 0 radical (unpaired) electrons. The lowest BCUT2D eigenvalue weighted by Gasteiger charge is -2.37. The van der Waals surface area contributed by atoms with E-state index in [4.69, 9.17) is 4.74 Å². The van der Waals surface area contributed by atoms with Gasteiger partial charge in [0, 0.05) is 37.7 Å². The predicted octanol–water partition coefficient (Wildman–Crippen LogP) is 2.22. The van der Waals surface area contributed by atoms with E-state index in [9.17, 15) is 19.8 Å². The molecule has 0 saturated heterocycles. The molecule has 1 aromatic heterocycles. The van der Waals surface area contributed by atoms with Gasteiger partial charge in [-0.1, -0.05) is 18.8 Å². The second-order valence-electron chi connectivity index (χ2n) is 10.6. The fourth-order valence-electron chi connectivity index (χ4n) is 4.76. The molecule has 2 heterocycles. The summed E-state index contributed by atoms with van der Waals surface area (Å²) in [5, 5.41) is 20.4. The molecule has 1 aliphatic heterocycles. The van der Waals surface area contributed by atoms with Crippen LogP contribution in [0.4, 0.5) is 0 Å². The van der Waals surface area contributed by atoms with Gasteiger partial charge in [-0.3, -0.25) is 9.59 Å². The summed E-state index contributed by atoms with van der Waals surface area (Å²) in [7, 11) is 1.79. The first-order valence-electron chi connectivity index (χ1n) is 12.8. The van der Waals surface area contributed by atoms with E-state index in [2.05, 4.69) is 16.8 Å². The lowest BCUT2D eigenvalue weighted by molar-refractivity contribution is -0.131. The monoisotopic (exact) mass is 483 g/mol. The average Bonchev–Trinajstić information content (AvgIpc) is 3.56. The van der Waals surface area contributed by atoms with Gasteiger partial charge in [0.1, 0.15) is 17.3 Å². The van der Waals surface area contributed by atoms with Crippen LogP contribution in [0.3, 0.4) is 0 Å². The zero-order chi connectivity index (χ0) is 25.2. The van der Waals surface area contributed by atoms with E-state index >= 15 is 0 Å². The molecule has 3 atom stereocenters. The van der Waals surface area contributed by atoms with Gasteiger partial charge in [-0.2, -0.15) is 0 Å². The number of likely N-dealkylation sites (N-methyl/N-ethyl adjacent to an activating group) is 1. The Morgan fingerprint density at radius 1 is 1.37 bits per heavy atom. The first kappa shape index (κ1) is 25.5. The molecule has 2 aliphatic carbocycles. The fraction of sp³-hybridized carbons (Fsp3) is 0.667. The first-order valence-corrected chi connectivity index (χ1v) is 12.8. The van der Waals surface area contributed by atoms with Gasteiger partial charge >= 0.3 is 0 Å². The number of carbonyl (C=O) groups excluding carboxylic acids is 2. The molecule has 2 fully saturated rings. The lowest BCUT2D eigenvalue weighted by Crippen LogP contribution is -2.50. The van der Waals surface area contributed by atoms with Gasteiger partial charge in [-0.15, -0.1) is 0 Å². The van der Waals surface area contributed by atoms with Crippen molar-refractivity contribution in [3.8, 4) is 17.7 Å².